The molecule has 0 radical (unpaired) electrons. The van der Waals surface area contributed by atoms with Crippen LogP contribution in [0.4, 0.5) is 46.9 Å². The third kappa shape index (κ3) is 8.10. The molecule has 238 valence electrons. The maximum absolute atomic E-state index is 13.9. The zero-order valence-electron chi connectivity index (χ0n) is 22.7. The summed E-state index contributed by atoms with van der Waals surface area (Å²) in [4.78, 5) is 11.3. The van der Waals surface area contributed by atoms with Gasteiger partial charge < -0.3 is 14.2 Å². The minimum atomic E-state index is -5.21. The number of allylic oxidation sites excluding steroid dienone is 1. The smallest absolute Gasteiger partial charge is 0.427 e. The zero-order chi connectivity index (χ0) is 32.5. The second-order valence-corrected chi connectivity index (χ2v) is 12.8. The normalized spacial score (nSPS) is 16.5. The van der Waals surface area contributed by atoms with Crippen molar-refractivity contribution in [1.82, 2.24) is 4.72 Å². The monoisotopic (exact) mass is 661 g/mol. The molecule has 0 spiro atoms. The van der Waals surface area contributed by atoms with Gasteiger partial charge in [0.1, 0.15) is 28.7 Å². The van der Waals surface area contributed by atoms with E-state index >= 15 is 0 Å². The highest BCUT2D eigenvalue weighted by molar-refractivity contribution is 7.92. The van der Waals surface area contributed by atoms with Crippen molar-refractivity contribution >= 4 is 38.5 Å². The maximum atomic E-state index is 13.9. The van der Waals surface area contributed by atoms with Crippen molar-refractivity contribution < 1.29 is 57.6 Å². The molecule has 1 aliphatic heterocycles. The molecule has 0 aliphatic carbocycles. The van der Waals surface area contributed by atoms with E-state index in [1.54, 1.807) is 0 Å². The van der Waals surface area contributed by atoms with E-state index in [0.717, 1.165) is 6.07 Å². The van der Waals surface area contributed by atoms with Crippen LogP contribution in [0, 0.1) is 5.82 Å². The van der Waals surface area contributed by atoms with Gasteiger partial charge in [-0.25, -0.2) is 21.8 Å². The number of fused-ring (bicyclic) bond motifs is 1. The lowest BCUT2D eigenvalue weighted by Crippen LogP contribution is -2.44. The van der Waals surface area contributed by atoms with Crippen molar-refractivity contribution in [3.63, 3.8) is 0 Å². The molecular weight excluding hydrogens is 635 g/mol. The number of sulfonamides is 1. The minimum Gasteiger partial charge on any atom is -0.486 e. The Morgan fingerprint density at radius 1 is 1.14 bits per heavy atom. The SMILES string of the molecule is C=C(CC[C@H]1CN(S(=O)(=O)c2ccc(F)c(C(F)(F)F)c2)c2cc(NC(=O)OC(C)(C)C(F)(F)F)ccc2O1)NS(C)=O. The Balaban J connectivity index is 2.01. The van der Waals surface area contributed by atoms with Gasteiger partial charge in [0.25, 0.3) is 10.0 Å². The second kappa shape index (κ2) is 12.2. The van der Waals surface area contributed by atoms with Crippen LogP contribution >= 0.6 is 0 Å². The number of hydrogen-bond donors (Lipinski definition) is 2. The van der Waals surface area contributed by atoms with Crippen molar-refractivity contribution in [2.24, 2.45) is 0 Å². The molecule has 0 saturated carbocycles. The fraction of sp³-hybridized carbons (Fsp3) is 0.400. The van der Waals surface area contributed by atoms with Crippen molar-refractivity contribution in [3.8, 4) is 5.75 Å². The van der Waals surface area contributed by atoms with Gasteiger partial charge in [-0.05, 0) is 63.1 Å². The number of carbonyl (C=O) groups excluding carboxylic acids is 1. The van der Waals surface area contributed by atoms with Gasteiger partial charge in [0.15, 0.2) is 0 Å². The molecule has 0 bridgehead atoms. The van der Waals surface area contributed by atoms with Gasteiger partial charge in [0.2, 0.25) is 5.60 Å². The third-order valence-electron chi connectivity index (χ3n) is 6.06. The molecule has 1 unspecified atom stereocenters. The molecule has 2 aromatic carbocycles. The summed E-state index contributed by atoms with van der Waals surface area (Å²) in [5.74, 6) is -1.80. The van der Waals surface area contributed by atoms with E-state index < -0.39 is 74.0 Å². The molecule has 1 heterocycles. The summed E-state index contributed by atoms with van der Waals surface area (Å²) in [6.07, 6.45) is -11.0. The molecule has 9 nitrogen and oxygen atoms in total. The van der Waals surface area contributed by atoms with Gasteiger partial charge in [-0.2, -0.15) is 26.3 Å². The van der Waals surface area contributed by atoms with E-state index in [2.05, 4.69) is 21.4 Å². The van der Waals surface area contributed by atoms with Crippen LogP contribution in [0.15, 0.2) is 53.6 Å². The van der Waals surface area contributed by atoms with Crippen LogP contribution in [-0.4, -0.2) is 49.4 Å². The summed E-state index contributed by atoms with van der Waals surface area (Å²) in [6.45, 7) is 4.45. The summed E-state index contributed by atoms with van der Waals surface area (Å²) < 4.78 is 146. The van der Waals surface area contributed by atoms with Crippen LogP contribution in [0.25, 0.3) is 0 Å². The molecule has 0 saturated heterocycles. The summed E-state index contributed by atoms with van der Waals surface area (Å²) in [5, 5.41) is 2.05. The Kier molecular flexibility index (Phi) is 9.65. The summed E-state index contributed by atoms with van der Waals surface area (Å²) in [7, 11) is -6.29. The van der Waals surface area contributed by atoms with E-state index in [4.69, 9.17) is 4.74 Å². The van der Waals surface area contributed by atoms with Crippen molar-refractivity contribution in [3.05, 3.63) is 60.1 Å². The Hall–Kier alpha value is -3.54. The fourth-order valence-corrected chi connectivity index (χ4v) is 5.83. The molecule has 2 N–H and O–H groups in total. The molecule has 0 fully saturated rings. The minimum absolute atomic E-state index is 0.102. The number of rotatable bonds is 9. The first-order valence-electron chi connectivity index (χ1n) is 12.2. The molecule has 2 aromatic rings. The van der Waals surface area contributed by atoms with Gasteiger partial charge in [0, 0.05) is 17.6 Å². The van der Waals surface area contributed by atoms with E-state index in [-0.39, 0.29) is 36.0 Å². The van der Waals surface area contributed by atoms with Crippen LogP contribution in [0.5, 0.6) is 5.75 Å². The third-order valence-corrected chi connectivity index (χ3v) is 8.41. The lowest BCUT2D eigenvalue weighted by molar-refractivity contribution is -0.242. The Bertz CT molecular complexity index is 1530. The van der Waals surface area contributed by atoms with Crippen LogP contribution < -0.4 is 19.1 Å². The van der Waals surface area contributed by atoms with E-state index in [9.17, 15) is 48.2 Å². The Labute approximate surface area is 244 Å². The van der Waals surface area contributed by atoms with Gasteiger partial charge in [0.05, 0.1) is 22.7 Å². The molecule has 1 aliphatic rings. The number of halogens is 7. The van der Waals surface area contributed by atoms with Crippen molar-refractivity contribution in [1.29, 1.82) is 0 Å². The van der Waals surface area contributed by atoms with Crippen LogP contribution in [0.2, 0.25) is 0 Å². The van der Waals surface area contributed by atoms with Crippen molar-refractivity contribution in [2.45, 2.75) is 55.6 Å². The largest absolute Gasteiger partial charge is 0.486 e. The predicted molar refractivity (Wildman–Crippen MR) is 143 cm³/mol. The predicted octanol–water partition coefficient (Wildman–Crippen LogP) is 5.87. The van der Waals surface area contributed by atoms with Crippen molar-refractivity contribution in [2.75, 3.05) is 22.4 Å². The number of hydrogen-bond acceptors (Lipinski definition) is 6. The van der Waals surface area contributed by atoms with Crippen LogP contribution in [0.3, 0.4) is 0 Å². The highest BCUT2D eigenvalue weighted by Gasteiger charge is 2.51. The molecule has 3 rings (SSSR count). The Morgan fingerprint density at radius 2 is 1.79 bits per heavy atom. The zero-order valence-corrected chi connectivity index (χ0v) is 24.4. The number of nitrogens with one attached hydrogen (secondary N) is 2. The molecule has 43 heavy (non-hydrogen) atoms. The number of ether oxygens (including phenoxy) is 2. The molecular formula is C25H26F7N3O6S2. The maximum Gasteiger partial charge on any atom is 0.427 e. The van der Waals surface area contributed by atoms with Crippen LogP contribution in [-0.2, 0) is 31.9 Å². The molecule has 2 atom stereocenters. The molecule has 0 aromatic heterocycles. The number of amides is 1. The quantitative estimate of drug-likeness (QED) is 0.325. The summed E-state index contributed by atoms with van der Waals surface area (Å²) in [5.41, 5.74) is -4.88. The first-order valence-corrected chi connectivity index (χ1v) is 15.2. The Morgan fingerprint density at radius 3 is 2.37 bits per heavy atom. The number of anilines is 2. The summed E-state index contributed by atoms with van der Waals surface area (Å²) in [6, 6.07) is 4.51. The number of alkyl halides is 6. The average molecular weight is 662 g/mol. The second-order valence-electron chi connectivity index (χ2n) is 9.82. The fourth-order valence-electron chi connectivity index (χ4n) is 3.80. The molecule has 1 amide bonds. The molecule has 18 heteroatoms. The summed E-state index contributed by atoms with van der Waals surface area (Å²) >= 11 is 0. The van der Waals surface area contributed by atoms with Gasteiger partial charge >= 0.3 is 18.4 Å². The lowest BCUT2D eigenvalue weighted by Gasteiger charge is -2.36. The van der Waals surface area contributed by atoms with E-state index in [1.165, 1.54) is 18.4 Å². The van der Waals surface area contributed by atoms with Gasteiger partial charge in [-0.3, -0.25) is 9.62 Å². The first-order chi connectivity index (χ1) is 19.6. The highest BCUT2D eigenvalue weighted by Crippen LogP contribution is 2.41. The number of nitrogens with zero attached hydrogens (tertiary/aromatic N) is 1. The number of benzene rings is 2. The standard InChI is InChI=1S/C25H26F7N3O6S2/c1-14(34-42(4)37)5-7-16-13-35(43(38,39)17-8-9-19(26)18(12-17)24(27,28)29)20-11-15(6-10-21(20)40-16)33-22(36)41-23(2,3)25(30,31)32/h6,8-12,16,34H,1,5,7,13H2,2-4H3,(H,33,36)/t16-,42?/m0/s1. The average Bonchev–Trinajstić information content (AvgIpc) is 2.85. The van der Waals surface area contributed by atoms with Crippen LogP contribution in [0.1, 0.15) is 32.3 Å². The number of carbonyl (C=O) groups is 1. The lowest BCUT2D eigenvalue weighted by atomic mass is 10.1. The topological polar surface area (TPSA) is 114 Å². The van der Waals surface area contributed by atoms with Gasteiger partial charge in [-0.1, -0.05) is 6.58 Å². The first kappa shape index (κ1) is 34.0. The van der Waals surface area contributed by atoms with E-state index in [0.29, 0.717) is 36.0 Å². The van der Waals surface area contributed by atoms with Gasteiger partial charge in [-0.15, -0.1) is 0 Å². The highest BCUT2D eigenvalue weighted by atomic mass is 32.2. The van der Waals surface area contributed by atoms with E-state index in [1.807, 2.05) is 0 Å².